The van der Waals surface area contributed by atoms with Crippen LogP contribution in [0.3, 0.4) is 0 Å². The van der Waals surface area contributed by atoms with Gasteiger partial charge in [0, 0.05) is 28.2 Å². The van der Waals surface area contributed by atoms with Crippen LogP contribution in [-0.4, -0.2) is 19.2 Å². The molecule has 0 bridgehead atoms. The van der Waals surface area contributed by atoms with Crippen molar-refractivity contribution in [2.24, 2.45) is 0 Å². The van der Waals surface area contributed by atoms with Crippen molar-refractivity contribution in [3.63, 3.8) is 0 Å². The third-order valence-electron chi connectivity index (χ3n) is 6.44. The van der Waals surface area contributed by atoms with Crippen molar-refractivity contribution in [2.45, 2.75) is 71.1 Å². The zero-order chi connectivity index (χ0) is 25.4. The van der Waals surface area contributed by atoms with E-state index in [-0.39, 0.29) is 0 Å². The first-order valence-corrected chi connectivity index (χ1v) is 13.4. The standard InChI is InChI=1S/C32H39NO3/c1-2-3-4-5-6-7-8-9-10-11-24-36-32-22-20-31(21-23-32)33(29-16-12-27(25-34)13-17-29)30-18-14-28(26-35)15-19-30/h12-23,25-26H,2-11,24H2,1H3. The smallest absolute Gasteiger partial charge is 0.150 e. The van der Waals surface area contributed by atoms with Crippen molar-refractivity contribution in [3.8, 4) is 5.75 Å². The van der Waals surface area contributed by atoms with E-state index in [4.69, 9.17) is 4.74 Å². The van der Waals surface area contributed by atoms with Gasteiger partial charge in [-0.2, -0.15) is 0 Å². The molecule has 0 spiro atoms. The summed E-state index contributed by atoms with van der Waals surface area (Å²) in [6.45, 7) is 3.00. The van der Waals surface area contributed by atoms with Gasteiger partial charge in [-0.05, 0) is 79.2 Å². The van der Waals surface area contributed by atoms with E-state index in [0.29, 0.717) is 11.1 Å². The summed E-state index contributed by atoms with van der Waals surface area (Å²) in [6, 6.07) is 23.0. The molecule has 0 aliphatic carbocycles. The lowest BCUT2D eigenvalue weighted by Crippen LogP contribution is -2.10. The molecule has 190 valence electrons. The lowest BCUT2D eigenvalue weighted by molar-refractivity contribution is 0.111. The number of ether oxygens (including phenoxy) is 1. The maximum atomic E-state index is 11.1. The van der Waals surface area contributed by atoms with Gasteiger partial charge in [0.1, 0.15) is 18.3 Å². The third-order valence-corrected chi connectivity index (χ3v) is 6.44. The summed E-state index contributed by atoms with van der Waals surface area (Å²) in [5.41, 5.74) is 4.09. The van der Waals surface area contributed by atoms with E-state index < -0.39 is 0 Å². The fourth-order valence-electron chi connectivity index (χ4n) is 4.32. The number of hydrogen-bond acceptors (Lipinski definition) is 4. The minimum Gasteiger partial charge on any atom is -0.494 e. The number of rotatable bonds is 17. The maximum absolute atomic E-state index is 11.1. The fraction of sp³-hybridized carbons (Fsp3) is 0.375. The lowest BCUT2D eigenvalue weighted by Gasteiger charge is -2.25. The van der Waals surface area contributed by atoms with Gasteiger partial charge >= 0.3 is 0 Å². The highest BCUT2D eigenvalue weighted by atomic mass is 16.5. The molecule has 3 aromatic carbocycles. The van der Waals surface area contributed by atoms with Crippen LogP contribution in [0.25, 0.3) is 0 Å². The minimum absolute atomic E-state index is 0.630. The average molecular weight is 486 g/mol. The van der Waals surface area contributed by atoms with Crippen LogP contribution >= 0.6 is 0 Å². The number of unbranched alkanes of at least 4 members (excludes halogenated alkanes) is 9. The zero-order valence-corrected chi connectivity index (χ0v) is 21.5. The summed E-state index contributed by atoms with van der Waals surface area (Å²) in [5.74, 6) is 0.863. The first kappa shape index (κ1) is 27.2. The van der Waals surface area contributed by atoms with Crippen molar-refractivity contribution < 1.29 is 14.3 Å². The van der Waals surface area contributed by atoms with Crippen LogP contribution in [0.15, 0.2) is 72.8 Å². The van der Waals surface area contributed by atoms with E-state index in [2.05, 4.69) is 11.8 Å². The molecule has 0 aromatic heterocycles. The van der Waals surface area contributed by atoms with Crippen molar-refractivity contribution in [2.75, 3.05) is 11.5 Å². The Balaban J connectivity index is 1.53. The summed E-state index contributed by atoms with van der Waals surface area (Å²) in [6.07, 6.45) is 14.8. The van der Waals surface area contributed by atoms with Gasteiger partial charge < -0.3 is 9.64 Å². The van der Waals surface area contributed by atoms with Crippen LogP contribution < -0.4 is 9.64 Å². The van der Waals surface area contributed by atoms with Crippen molar-refractivity contribution >= 4 is 29.6 Å². The van der Waals surface area contributed by atoms with Gasteiger partial charge in [0.2, 0.25) is 0 Å². The molecule has 0 radical (unpaired) electrons. The molecular weight excluding hydrogens is 446 g/mol. The predicted octanol–water partition coefficient (Wildman–Crippen LogP) is 9.08. The molecular formula is C32H39NO3. The van der Waals surface area contributed by atoms with Gasteiger partial charge in [0.15, 0.2) is 0 Å². The quantitative estimate of drug-likeness (QED) is 0.141. The van der Waals surface area contributed by atoms with Crippen molar-refractivity contribution in [1.82, 2.24) is 0 Å². The average Bonchev–Trinajstić information content (AvgIpc) is 2.93. The first-order valence-electron chi connectivity index (χ1n) is 13.4. The van der Waals surface area contributed by atoms with Gasteiger partial charge in [-0.15, -0.1) is 0 Å². The number of carbonyl (C=O) groups is 2. The minimum atomic E-state index is 0.630. The second-order valence-corrected chi connectivity index (χ2v) is 9.28. The Morgan fingerprint density at radius 1 is 0.556 bits per heavy atom. The van der Waals surface area contributed by atoms with E-state index in [0.717, 1.165) is 48.4 Å². The van der Waals surface area contributed by atoms with E-state index in [9.17, 15) is 9.59 Å². The highest BCUT2D eigenvalue weighted by Crippen LogP contribution is 2.35. The van der Waals surface area contributed by atoms with E-state index in [1.807, 2.05) is 48.5 Å². The Kier molecular flexibility index (Phi) is 11.8. The first-order chi connectivity index (χ1) is 17.7. The Morgan fingerprint density at radius 2 is 0.944 bits per heavy atom. The van der Waals surface area contributed by atoms with E-state index >= 15 is 0 Å². The normalized spacial score (nSPS) is 10.7. The largest absolute Gasteiger partial charge is 0.494 e. The molecule has 3 rings (SSSR count). The van der Waals surface area contributed by atoms with E-state index in [1.54, 1.807) is 24.3 Å². The van der Waals surface area contributed by atoms with Crippen molar-refractivity contribution in [3.05, 3.63) is 83.9 Å². The van der Waals surface area contributed by atoms with Crippen LogP contribution in [0.4, 0.5) is 17.1 Å². The number of hydrogen-bond donors (Lipinski definition) is 0. The topological polar surface area (TPSA) is 46.6 Å². The van der Waals surface area contributed by atoms with Gasteiger partial charge in [0.25, 0.3) is 0 Å². The molecule has 4 heteroatoms. The Hall–Kier alpha value is -3.40. The molecule has 0 unspecified atom stereocenters. The summed E-state index contributed by atoms with van der Waals surface area (Å²) in [5, 5.41) is 0. The number of anilines is 3. The molecule has 0 aliphatic rings. The van der Waals surface area contributed by atoms with Gasteiger partial charge in [-0.3, -0.25) is 9.59 Å². The van der Waals surface area contributed by atoms with Gasteiger partial charge in [-0.1, -0.05) is 64.7 Å². The second-order valence-electron chi connectivity index (χ2n) is 9.28. The summed E-state index contributed by atoms with van der Waals surface area (Å²) in [4.78, 5) is 24.3. The van der Waals surface area contributed by atoms with Crippen LogP contribution in [0.1, 0.15) is 91.8 Å². The van der Waals surface area contributed by atoms with E-state index in [1.165, 1.54) is 57.8 Å². The molecule has 0 amide bonds. The maximum Gasteiger partial charge on any atom is 0.150 e. The van der Waals surface area contributed by atoms with Crippen LogP contribution in [0.2, 0.25) is 0 Å². The molecule has 0 aliphatic heterocycles. The number of nitrogens with zero attached hydrogens (tertiary/aromatic N) is 1. The zero-order valence-electron chi connectivity index (χ0n) is 21.5. The molecule has 0 atom stereocenters. The molecule has 36 heavy (non-hydrogen) atoms. The van der Waals surface area contributed by atoms with Gasteiger partial charge in [0.05, 0.1) is 6.61 Å². The molecule has 0 N–H and O–H groups in total. The third kappa shape index (κ3) is 8.67. The lowest BCUT2D eigenvalue weighted by atomic mass is 10.1. The summed E-state index contributed by atoms with van der Waals surface area (Å²) in [7, 11) is 0. The second kappa shape index (κ2) is 15.6. The molecule has 4 nitrogen and oxygen atoms in total. The van der Waals surface area contributed by atoms with Crippen LogP contribution in [0, 0.1) is 0 Å². The molecule has 0 saturated heterocycles. The van der Waals surface area contributed by atoms with Crippen molar-refractivity contribution in [1.29, 1.82) is 0 Å². The fourth-order valence-corrected chi connectivity index (χ4v) is 4.32. The molecule has 0 fully saturated rings. The molecule has 0 saturated carbocycles. The SMILES string of the molecule is CCCCCCCCCCCCOc1ccc(N(c2ccc(C=O)cc2)c2ccc(C=O)cc2)cc1. The van der Waals surface area contributed by atoms with Crippen LogP contribution in [0.5, 0.6) is 5.75 Å². The number of aldehydes is 2. The predicted molar refractivity (Wildman–Crippen MR) is 149 cm³/mol. The Labute approximate surface area is 216 Å². The monoisotopic (exact) mass is 485 g/mol. The summed E-state index contributed by atoms with van der Waals surface area (Å²) < 4.78 is 5.99. The summed E-state index contributed by atoms with van der Waals surface area (Å²) >= 11 is 0. The molecule has 3 aromatic rings. The highest BCUT2D eigenvalue weighted by Gasteiger charge is 2.13. The Morgan fingerprint density at radius 3 is 1.36 bits per heavy atom. The molecule has 0 heterocycles. The number of benzene rings is 3. The Bertz CT molecular complexity index is 975. The highest BCUT2D eigenvalue weighted by molar-refractivity contribution is 5.82. The van der Waals surface area contributed by atoms with Crippen LogP contribution in [-0.2, 0) is 0 Å². The van der Waals surface area contributed by atoms with Gasteiger partial charge in [-0.25, -0.2) is 0 Å². The number of carbonyl (C=O) groups excluding carboxylic acids is 2.